The first-order valence-electron chi connectivity index (χ1n) is 5.46. The van der Waals surface area contributed by atoms with E-state index in [9.17, 15) is 13.2 Å². The van der Waals surface area contributed by atoms with Gasteiger partial charge in [0.25, 0.3) is 0 Å². The van der Waals surface area contributed by atoms with Crippen LogP contribution in [0.1, 0.15) is 13.8 Å². The number of aromatic nitrogens is 2. The van der Waals surface area contributed by atoms with E-state index in [0.717, 1.165) is 0 Å². The molecule has 0 saturated heterocycles. The third-order valence-electron chi connectivity index (χ3n) is 2.29. The molecule has 0 amide bonds. The highest BCUT2D eigenvalue weighted by Gasteiger charge is 2.16. The van der Waals surface area contributed by atoms with Gasteiger partial charge in [0, 0.05) is 6.20 Å². The summed E-state index contributed by atoms with van der Waals surface area (Å²) in [6.07, 6.45) is 2.91. The first kappa shape index (κ1) is 14.5. The van der Waals surface area contributed by atoms with Crippen molar-refractivity contribution in [3.05, 3.63) is 12.4 Å². The quantitative estimate of drug-likeness (QED) is 0.723. The van der Waals surface area contributed by atoms with Gasteiger partial charge in [0.2, 0.25) is 0 Å². The van der Waals surface area contributed by atoms with Crippen LogP contribution in [0.15, 0.2) is 12.4 Å². The minimum absolute atomic E-state index is 0.0844. The molecule has 8 heteroatoms. The SMILES string of the molecule is CC(C)S(=O)(=O)CCOC(=O)Cn1cc(N)cn1. The topological polar surface area (TPSA) is 104 Å². The van der Waals surface area contributed by atoms with Crippen LogP contribution in [0.5, 0.6) is 0 Å². The fourth-order valence-corrected chi connectivity index (χ4v) is 1.94. The Labute approximate surface area is 106 Å². The van der Waals surface area contributed by atoms with E-state index in [0.29, 0.717) is 5.69 Å². The molecule has 0 radical (unpaired) electrons. The first-order valence-corrected chi connectivity index (χ1v) is 7.18. The normalized spacial score (nSPS) is 11.7. The third kappa shape index (κ3) is 4.36. The molecule has 1 heterocycles. The van der Waals surface area contributed by atoms with E-state index in [1.165, 1.54) is 17.1 Å². The first-order chi connectivity index (χ1) is 8.31. The molecule has 0 atom stereocenters. The van der Waals surface area contributed by atoms with E-state index in [1.54, 1.807) is 13.8 Å². The molecule has 1 rings (SSSR count). The van der Waals surface area contributed by atoms with Gasteiger partial charge in [0.15, 0.2) is 9.84 Å². The number of ether oxygens (including phenoxy) is 1. The van der Waals surface area contributed by atoms with Crippen LogP contribution in [0.4, 0.5) is 5.69 Å². The standard InChI is InChI=1S/C10H17N3O4S/c1-8(2)18(15,16)4-3-17-10(14)7-13-6-9(11)5-12-13/h5-6,8H,3-4,7,11H2,1-2H3. The monoisotopic (exact) mass is 275 g/mol. The number of hydrogen-bond acceptors (Lipinski definition) is 6. The van der Waals surface area contributed by atoms with Crippen LogP contribution < -0.4 is 5.73 Å². The molecule has 102 valence electrons. The minimum atomic E-state index is -3.18. The molecule has 1 aromatic heterocycles. The number of hydrogen-bond donors (Lipinski definition) is 1. The Balaban J connectivity index is 2.34. The fourth-order valence-electron chi connectivity index (χ4n) is 1.15. The van der Waals surface area contributed by atoms with Crippen molar-refractivity contribution in [3.63, 3.8) is 0 Å². The summed E-state index contributed by atoms with van der Waals surface area (Å²) < 4.78 is 29.0. The highest BCUT2D eigenvalue weighted by Crippen LogP contribution is 2.01. The fraction of sp³-hybridized carbons (Fsp3) is 0.600. The van der Waals surface area contributed by atoms with Gasteiger partial charge in [-0.3, -0.25) is 9.48 Å². The molecule has 0 aliphatic rings. The molecular weight excluding hydrogens is 258 g/mol. The van der Waals surface area contributed by atoms with Crippen LogP contribution >= 0.6 is 0 Å². The number of carbonyl (C=O) groups excluding carboxylic acids is 1. The molecule has 0 spiro atoms. The van der Waals surface area contributed by atoms with Crippen LogP contribution in [0.2, 0.25) is 0 Å². The van der Waals surface area contributed by atoms with Crippen LogP contribution in [0.3, 0.4) is 0 Å². The number of sulfone groups is 1. The van der Waals surface area contributed by atoms with Crippen molar-refractivity contribution in [2.24, 2.45) is 0 Å². The maximum Gasteiger partial charge on any atom is 0.327 e. The van der Waals surface area contributed by atoms with Crippen LogP contribution in [0.25, 0.3) is 0 Å². The van der Waals surface area contributed by atoms with Crippen LogP contribution in [-0.2, 0) is 25.9 Å². The van der Waals surface area contributed by atoms with E-state index in [4.69, 9.17) is 10.5 Å². The van der Waals surface area contributed by atoms with E-state index in [1.807, 2.05) is 0 Å². The number of rotatable bonds is 6. The summed E-state index contributed by atoms with van der Waals surface area (Å²) in [5.41, 5.74) is 5.88. The molecule has 7 nitrogen and oxygen atoms in total. The average Bonchev–Trinajstić information content (AvgIpc) is 2.63. The Morgan fingerprint density at radius 2 is 2.22 bits per heavy atom. The number of anilines is 1. The van der Waals surface area contributed by atoms with Gasteiger partial charge in [-0.15, -0.1) is 0 Å². The molecule has 0 aliphatic heterocycles. The predicted octanol–water partition coefficient (Wildman–Crippen LogP) is -0.168. The molecule has 0 fully saturated rings. The largest absolute Gasteiger partial charge is 0.463 e. The van der Waals surface area contributed by atoms with Gasteiger partial charge in [-0.2, -0.15) is 5.10 Å². The number of nitrogens with zero attached hydrogens (tertiary/aromatic N) is 2. The Morgan fingerprint density at radius 3 is 2.72 bits per heavy atom. The summed E-state index contributed by atoms with van der Waals surface area (Å²) in [6, 6.07) is 0. The van der Waals surface area contributed by atoms with E-state index in [2.05, 4.69) is 5.10 Å². The number of carbonyl (C=O) groups is 1. The van der Waals surface area contributed by atoms with Crippen molar-refractivity contribution >= 4 is 21.5 Å². The van der Waals surface area contributed by atoms with E-state index in [-0.39, 0.29) is 18.9 Å². The van der Waals surface area contributed by atoms with Crippen LogP contribution in [-0.4, -0.2) is 41.8 Å². The van der Waals surface area contributed by atoms with Crippen molar-refractivity contribution in [1.82, 2.24) is 9.78 Å². The molecule has 1 aromatic rings. The number of nitrogens with two attached hydrogens (primary N) is 1. The van der Waals surface area contributed by atoms with Gasteiger partial charge in [-0.25, -0.2) is 8.42 Å². The van der Waals surface area contributed by atoms with E-state index < -0.39 is 21.1 Å². The van der Waals surface area contributed by atoms with Gasteiger partial charge in [0.1, 0.15) is 13.2 Å². The molecule has 0 aliphatic carbocycles. The summed E-state index contributed by atoms with van der Waals surface area (Å²) >= 11 is 0. The Bertz CT molecular complexity index is 507. The molecule has 2 N–H and O–H groups in total. The van der Waals surface area contributed by atoms with Gasteiger partial charge in [-0.1, -0.05) is 0 Å². The lowest BCUT2D eigenvalue weighted by molar-refractivity contribution is -0.143. The highest BCUT2D eigenvalue weighted by molar-refractivity contribution is 7.91. The number of nitrogen functional groups attached to an aromatic ring is 1. The highest BCUT2D eigenvalue weighted by atomic mass is 32.2. The van der Waals surface area contributed by atoms with Crippen molar-refractivity contribution in [3.8, 4) is 0 Å². The van der Waals surface area contributed by atoms with Gasteiger partial charge >= 0.3 is 5.97 Å². The van der Waals surface area contributed by atoms with Gasteiger partial charge in [0.05, 0.1) is 22.9 Å². The Morgan fingerprint density at radius 1 is 1.56 bits per heavy atom. The maximum atomic E-state index is 11.4. The summed E-state index contributed by atoms with van der Waals surface area (Å²) in [6.45, 7) is 2.95. The maximum absolute atomic E-state index is 11.4. The van der Waals surface area contributed by atoms with Crippen molar-refractivity contribution in [2.45, 2.75) is 25.6 Å². The second-order valence-electron chi connectivity index (χ2n) is 4.11. The summed E-state index contributed by atoms with van der Waals surface area (Å²) in [5.74, 6) is -0.713. The smallest absolute Gasteiger partial charge is 0.327 e. The zero-order valence-electron chi connectivity index (χ0n) is 10.4. The second-order valence-corrected chi connectivity index (χ2v) is 6.78. The summed E-state index contributed by atoms with van der Waals surface area (Å²) in [7, 11) is -3.18. The Hall–Kier alpha value is -1.57. The lowest BCUT2D eigenvalue weighted by atomic mass is 10.6. The van der Waals surface area contributed by atoms with Crippen molar-refractivity contribution < 1.29 is 17.9 Å². The molecule has 0 saturated carbocycles. The van der Waals surface area contributed by atoms with Crippen LogP contribution in [0, 0.1) is 0 Å². The lowest BCUT2D eigenvalue weighted by Gasteiger charge is -2.08. The molecule has 0 aromatic carbocycles. The number of esters is 1. The third-order valence-corrected chi connectivity index (χ3v) is 4.47. The summed E-state index contributed by atoms with van der Waals surface area (Å²) in [4.78, 5) is 11.4. The zero-order valence-corrected chi connectivity index (χ0v) is 11.2. The zero-order chi connectivity index (χ0) is 13.8. The molecular formula is C10H17N3O4S. The Kier molecular flexibility index (Phi) is 4.71. The molecule has 18 heavy (non-hydrogen) atoms. The van der Waals surface area contributed by atoms with Crippen molar-refractivity contribution in [1.29, 1.82) is 0 Å². The minimum Gasteiger partial charge on any atom is -0.463 e. The van der Waals surface area contributed by atoms with Gasteiger partial charge < -0.3 is 10.5 Å². The second kappa shape index (κ2) is 5.85. The van der Waals surface area contributed by atoms with Crippen molar-refractivity contribution in [2.75, 3.05) is 18.1 Å². The predicted molar refractivity (Wildman–Crippen MR) is 66.5 cm³/mol. The van der Waals surface area contributed by atoms with E-state index >= 15 is 0 Å². The molecule has 0 unspecified atom stereocenters. The van der Waals surface area contributed by atoms with Gasteiger partial charge in [-0.05, 0) is 13.8 Å². The lowest BCUT2D eigenvalue weighted by Crippen LogP contribution is -2.23. The molecule has 0 bridgehead atoms. The summed E-state index contributed by atoms with van der Waals surface area (Å²) in [5, 5.41) is 3.34. The average molecular weight is 275 g/mol.